The van der Waals surface area contributed by atoms with Crippen LogP contribution in [0.2, 0.25) is 5.02 Å². The Morgan fingerprint density at radius 1 is 1.29 bits per heavy atom. The van der Waals surface area contributed by atoms with Gasteiger partial charge in [-0.05, 0) is 37.5 Å². The molecule has 1 aromatic rings. The van der Waals surface area contributed by atoms with Crippen LogP contribution in [0, 0.1) is 0 Å². The third-order valence-corrected chi connectivity index (χ3v) is 3.27. The Morgan fingerprint density at radius 3 is 2.35 bits per heavy atom. The minimum Gasteiger partial charge on any atom is -0.339 e. The van der Waals surface area contributed by atoms with Crippen LogP contribution in [-0.2, 0) is 0 Å². The second kappa shape index (κ2) is 6.06. The first-order valence-corrected chi connectivity index (χ1v) is 6.47. The molecule has 94 valence electrons. The van der Waals surface area contributed by atoms with E-state index in [1.165, 1.54) is 0 Å². The zero-order valence-electron chi connectivity index (χ0n) is 11.0. The molecule has 0 bridgehead atoms. The molecule has 0 aromatic heterocycles. The molecule has 0 radical (unpaired) electrons. The van der Waals surface area contributed by atoms with Crippen molar-refractivity contribution in [2.75, 3.05) is 13.1 Å². The van der Waals surface area contributed by atoms with Crippen molar-refractivity contribution in [2.24, 2.45) is 0 Å². The number of amides is 1. The maximum absolute atomic E-state index is 12.2. The Bertz CT molecular complexity index is 397. The molecule has 1 aromatic carbocycles. The molecule has 1 amide bonds. The quantitative estimate of drug-likeness (QED) is 0.796. The number of halogens is 1. The minimum absolute atomic E-state index is 0.0162. The lowest BCUT2D eigenvalue weighted by molar-refractivity contribution is 0.0773. The maximum atomic E-state index is 12.2. The smallest absolute Gasteiger partial charge is 0.255 e. The first kappa shape index (κ1) is 14.0. The standard InChI is InChI=1S/C14H20ClNO/c1-5-16(6-2)14(17)12-9-11(10(3)4)7-8-13(12)15/h7-10H,5-6H2,1-4H3. The van der Waals surface area contributed by atoms with E-state index in [-0.39, 0.29) is 5.91 Å². The summed E-state index contributed by atoms with van der Waals surface area (Å²) in [7, 11) is 0. The third-order valence-electron chi connectivity index (χ3n) is 2.94. The molecule has 0 unspecified atom stereocenters. The van der Waals surface area contributed by atoms with Crippen LogP contribution in [0.3, 0.4) is 0 Å². The van der Waals surface area contributed by atoms with Crippen LogP contribution >= 0.6 is 11.6 Å². The molecule has 0 N–H and O–H groups in total. The predicted molar refractivity (Wildman–Crippen MR) is 72.8 cm³/mol. The molecule has 3 heteroatoms. The lowest BCUT2D eigenvalue weighted by Gasteiger charge is -2.20. The molecule has 0 saturated carbocycles. The molecule has 0 fully saturated rings. The summed E-state index contributed by atoms with van der Waals surface area (Å²) in [6.07, 6.45) is 0. The maximum Gasteiger partial charge on any atom is 0.255 e. The van der Waals surface area contributed by atoms with E-state index in [4.69, 9.17) is 11.6 Å². The minimum atomic E-state index is 0.0162. The average molecular weight is 254 g/mol. The van der Waals surface area contributed by atoms with Gasteiger partial charge >= 0.3 is 0 Å². The molecule has 0 heterocycles. The number of hydrogen-bond acceptors (Lipinski definition) is 1. The van der Waals surface area contributed by atoms with Crippen LogP contribution in [-0.4, -0.2) is 23.9 Å². The molecule has 0 aliphatic heterocycles. The number of nitrogens with zero attached hydrogens (tertiary/aromatic N) is 1. The van der Waals surface area contributed by atoms with Gasteiger partial charge in [0.15, 0.2) is 0 Å². The molecule has 0 spiro atoms. The highest BCUT2D eigenvalue weighted by Crippen LogP contribution is 2.23. The highest BCUT2D eigenvalue weighted by Gasteiger charge is 2.16. The molecular formula is C14H20ClNO. The molecule has 0 atom stereocenters. The van der Waals surface area contributed by atoms with E-state index in [1.54, 1.807) is 4.90 Å². The summed E-state index contributed by atoms with van der Waals surface area (Å²) in [5.41, 5.74) is 1.76. The van der Waals surface area contributed by atoms with Crippen molar-refractivity contribution in [1.82, 2.24) is 4.90 Å². The number of carbonyl (C=O) groups excluding carboxylic acids is 1. The van der Waals surface area contributed by atoms with Crippen molar-refractivity contribution in [3.8, 4) is 0 Å². The Hall–Kier alpha value is -1.02. The summed E-state index contributed by atoms with van der Waals surface area (Å²) in [4.78, 5) is 14.0. The zero-order valence-corrected chi connectivity index (χ0v) is 11.7. The summed E-state index contributed by atoms with van der Waals surface area (Å²) in [5.74, 6) is 0.415. The Balaban J connectivity index is 3.11. The summed E-state index contributed by atoms with van der Waals surface area (Å²) in [6.45, 7) is 9.57. The van der Waals surface area contributed by atoms with Gasteiger partial charge in [-0.15, -0.1) is 0 Å². The van der Waals surface area contributed by atoms with E-state index in [0.29, 0.717) is 29.6 Å². The third kappa shape index (κ3) is 3.22. The fourth-order valence-electron chi connectivity index (χ4n) is 1.75. The molecule has 2 nitrogen and oxygen atoms in total. The SMILES string of the molecule is CCN(CC)C(=O)c1cc(C(C)C)ccc1Cl. The van der Waals surface area contributed by atoms with Crippen LogP contribution in [0.4, 0.5) is 0 Å². The normalized spacial score (nSPS) is 10.7. The van der Waals surface area contributed by atoms with Crippen molar-refractivity contribution in [3.05, 3.63) is 34.3 Å². The average Bonchev–Trinajstić information content (AvgIpc) is 2.30. The largest absolute Gasteiger partial charge is 0.339 e. The van der Waals surface area contributed by atoms with Crippen molar-refractivity contribution in [1.29, 1.82) is 0 Å². The van der Waals surface area contributed by atoms with E-state index in [2.05, 4.69) is 13.8 Å². The highest BCUT2D eigenvalue weighted by molar-refractivity contribution is 6.33. The van der Waals surface area contributed by atoms with Gasteiger partial charge in [-0.3, -0.25) is 4.79 Å². The van der Waals surface area contributed by atoms with Gasteiger partial charge in [0.1, 0.15) is 0 Å². The molecular weight excluding hydrogens is 234 g/mol. The summed E-state index contributed by atoms with van der Waals surface area (Å²) < 4.78 is 0. The van der Waals surface area contributed by atoms with E-state index >= 15 is 0 Å². The predicted octanol–water partition coefficient (Wildman–Crippen LogP) is 3.95. The molecule has 1 rings (SSSR count). The van der Waals surface area contributed by atoms with Gasteiger partial charge < -0.3 is 4.90 Å². The number of rotatable bonds is 4. The van der Waals surface area contributed by atoms with Gasteiger partial charge in [0.25, 0.3) is 5.91 Å². The van der Waals surface area contributed by atoms with E-state index in [1.807, 2.05) is 32.0 Å². The first-order chi connectivity index (χ1) is 8.01. The van der Waals surface area contributed by atoms with Crippen LogP contribution in [0.5, 0.6) is 0 Å². The van der Waals surface area contributed by atoms with Crippen LogP contribution in [0.1, 0.15) is 49.5 Å². The van der Waals surface area contributed by atoms with Gasteiger partial charge in [-0.2, -0.15) is 0 Å². The van der Waals surface area contributed by atoms with Gasteiger partial charge in [-0.25, -0.2) is 0 Å². The Morgan fingerprint density at radius 2 is 1.88 bits per heavy atom. The zero-order chi connectivity index (χ0) is 13.0. The van der Waals surface area contributed by atoms with Crippen LogP contribution in [0.25, 0.3) is 0 Å². The van der Waals surface area contributed by atoms with Gasteiger partial charge in [0.2, 0.25) is 0 Å². The van der Waals surface area contributed by atoms with Crippen molar-refractivity contribution in [3.63, 3.8) is 0 Å². The molecule has 17 heavy (non-hydrogen) atoms. The molecule has 0 saturated heterocycles. The fraction of sp³-hybridized carbons (Fsp3) is 0.500. The lowest BCUT2D eigenvalue weighted by Crippen LogP contribution is -2.30. The van der Waals surface area contributed by atoms with E-state index in [9.17, 15) is 4.79 Å². The molecule has 0 aliphatic carbocycles. The highest BCUT2D eigenvalue weighted by atomic mass is 35.5. The Labute approximate surface area is 109 Å². The number of benzene rings is 1. The van der Waals surface area contributed by atoms with Crippen molar-refractivity contribution < 1.29 is 4.79 Å². The number of hydrogen-bond donors (Lipinski definition) is 0. The first-order valence-electron chi connectivity index (χ1n) is 6.09. The van der Waals surface area contributed by atoms with Crippen LogP contribution < -0.4 is 0 Å². The summed E-state index contributed by atoms with van der Waals surface area (Å²) in [6, 6.07) is 5.70. The summed E-state index contributed by atoms with van der Waals surface area (Å²) in [5, 5.41) is 0.534. The van der Waals surface area contributed by atoms with Gasteiger partial charge in [0.05, 0.1) is 10.6 Å². The Kier molecular flexibility index (Phi) is 5.01. The van der Waals surface area contributed by atoms with E-state index in [0.717, 1.165) is 5.56 Å². The topological polar surface area (TPSA) is 20.3 Å². The van der Waals surface area contributed by atoms with Gasteiger partial charge in [-0.1, -0.05) is 31.5 Å². The lowest BCUT2D eigenvalue weighted by atomic mass is 10.0. The van der Waals surface area contributed by atoms with Gasteiger partial charge in [0, 0.05) is 13.1 Å². The summed E-state index contributed by atoms with van der Waals surface area (Å²) >= 11 is 6.11. The number of carbonyl (C=O) groups is 1. The van der Waals surface area contributed by atoms with Crippen molar-refractivity contribution >= 4 is 17.5 Å². The molecule has 0 aliphatic rings. The second-order valence-electron chi connectivity index (χ2n) is 4.37. The second-order valence-corrected chi connectivity index (χ2v) is 4.78. The monoisotopic (exact) mass is 253 g/mol. The van der Waals surface area contributed by atoms with E-state index < -0.39 is 0 Å². The van der Waals surface area contributed by atoms with Crippen LogP contribution in [0.15, 0.2) is 18.2 Å². The van der Waals surface area contributed by atoms with Crippen molar-refractivity contribution in [2.45, 2.75) is 33.6 Å². The fourth-order valence-corrected chi connectivity index (χ4v) is 1.95.